The van der Waals surface area contributed by atoms with Crippen LogP contribution < -0.4 is 0 Å². The van der Waals surface area contributed by atoms with Gasteiger partial charge in [0.2, 0.25) is 0 Å². The van der Waals surface area contributed by atoms with Crippen LogP contribution in [0.5, 0.6) is 0 Å². The maximum Gasteiger partial charge on any atom is 0.309 e. The Morgan fingerprint density at radius 1 is 1.36 bits per heavy atom. The maximum atomic E-state index is 11.0. The normalized spacial score (nSPS) is 12.5. The molecule has 0 aromatic rings. The summed E-state index contributed by atoms with van der Waals surface area (Å²) in [6, 6.07) is 0. The average Bonchev–Trinajstić information content (AvgIpc) is 2.21. The van der Waals surface area contributed by atoms with Gasteiger partial charge in [-0.3, -0.25) is 4.79 Å². The molecular weight excluding hydrogens is 200 g/mol. The highest BCUT2D eigenvalue weighted by molar-refractivity contribution is 7.99. The van der Waals surface area contributed by atoms with E-state index < -0.39 is 0 Å². The van der Waals surface area contributed by atoms with Crippen LogP contribution in [0.1, 0.15) is 19.8 Å². The molecule has 0 fully saturated rings. The van der Waals surface area contributed by atoms with Crippen LogP contribution in [-0.2, 0) is 14.3 Å². The Balaban J connectivity index is 3.23. The molecule has 0 aliphatic carbocycles. The number of hydrogen-bond acceptors (Lipinski definition) is 4. The summed E-state index contributed by atoms with van der Waals surface area (Å²) in [6.07, 6.45) is 2.24. The van der Waals surface area contributed by atoms with Gasteiger partial charge in [-0.15, -0.1) is 0 Å². The minimum atomic E-state index is -0.116. The summed E-state index contributed by atoms with van der Waals surface area (Å²) in [6.45, 7) is 2.72. The smallest absolute Gasteiger partial charge is 0.309 e. The van der Waals surface area contributed by atoms with Gasteiger partial charge in [-0.05, 0) is 18.6 Å². The lowest BCUT2D eigenvalue weighted by Crippen LogP contribution is -2.15. The van der Waals surface area contributed by atoms with Crippen molar-refractivity contribution in [1.82, 2.24) is 0 Å². The molecule has 14 heavy (non-hydrogen) atoms. The van der Waals surface area contributed by atoms with Gasteiger partial charge in [0.15, 0.2) is 0 Å². The summed E-state index contributed by atoms with van der Waals surface area (Å²) in [5.41, 5.74) is 0. The van der Waals surface area contributed by atoms with Crippen LogP contribution in [0, 0.1) is 5.92 Å². The van der Waals surface area contributed by atoms with Crippen molar-refractivity contribution >= 4 is 17.7 Å². The summed E-state index contributed by atoms with van der Waals surface area (Å²) in [7, 11) is 3.15. The minimum absolute atomic E-state index is 0.00688. The molecule has 0 spiro atoms. The first-order chi connectivity index (χ1) is 6.72. The van der Waals surface area contributed by atoms with E-state index in [-0.39, 0.29) is 11.9 Å². The van der Waals surface area contributed by atoms with Crippen LogP contribution >= 0.6 is 11.8 Å². The SMILES string of the molecule is COCCCCSCC(C)C(=O)OC. The standard InChI is InChI=1S/C10H20O3S/c1-9(10(11)13-3)8-14-7-5-4-6-12-2/h9H,4-8H2,1-3H3. The van der Waals surface area contributed by atoms with E-state index in [1.165, 1.54) is 7.11 Å². The van der Waals surface area contributed by atoms with Crippen LogP contribution in [-0.4, -0.2) is 38.3 Å². The van der Waals surface area contributed by atoms with E-state index in [9.17, 15) is 4.79 Å². The van der Waals surface area contributed by atoms with E-state index in [4.69, 9.17) is 4.74 Å². The molecule has 0 aliphatic rings. The molecule has 0 saturated carbocycles. The molecule has 0 radical (unpaired) electrons. The first-order valence-corrected chi connectivity index (χ1v) is 6.02. The number of ether oxygens (including phenoxy) is 2. The number of unbranched alkanes of at least 4 members (excludes halogenated alkanes) is 1. The van der Waals surface area contributed by atoms with E-state index in [0.29, 0.717) is 0 Å². The zero-order valence-corrected chi connectivity index (χ0v) is 10.1. The van der Waals surface area contributed by atoms with Gasteiger partial charge in [-0.25, -0.2) is 0 Å². The van der Waals surface area contributed by atoms with Gasteiger partial charge >= 0.3 is 5.97 Å². The van der Waals surface area contributed by atoms with Crippen molar-refractivity contribution in [1.29, 1.82) is 0 Å². The van der Waals surface area contributed by atoms with Gasteiger partial charge in [0.25, 0.3) is 0 Å². The average molecular weight is 220 g/mol. The third-order valence-corrected chi connectivity index (χ3v) is 3.17. The second-order valence-corrected chi connectivity index (χ2v) is 4.35. The summed E-state index contributed by atoms with van der Waals surface area (Å²) in [4.78, 5) is 11.0. The first-order valence-electron chi connectivity index (χ1n) is 4.87. The number of esters is 1. The molecule has 84 valence electrons. The molecule has 0 bridgehead atoms. The van der Waals surface area contributed by atoms with Crippen molar-refractivity contribution < 1.29 is 14.3 Å². The van der Waals surface area contributed by atoms with Crippen molar-refractivity contribution in [3.63, 3.8) is 0 Å². The van der Waals surface area contributed by atoms with Gasteiger partial charge in [-0.1, -0.05) is 6.92 Å². The Kier molecular flexibility index (Phi) is 9.19. The van der Waals surface area contributed by atoms with Gasteiger partial charge in [0.1, 0.15) is 0 Å². The lowest BCUT2D eigenvalue weighted by molar-refractivity contribution is -0.143. The number of hydrogen-bond donors (Lipinski definition) is 0. The molecule has 0 heterocycles. The summed E-state index contributed by atoms with van der Waals surface area (Å²) >= 11 is 1.80. The van der Waals surface area contributed by atoms with Crippen molar-refractivity contribution in [2.45, 2.75) is 19.8 Å². The second-order valence-electron chi connectivity index (χ2n) is 3.20. The zero-order valence-electron chi connectivity index (χ0n) is 9.25. The highest BCUT2D eigenvalue weighted by Gasteiger charge is 2.11. The lowest BCUT2D eigenvalue weighted by Gasteiger charge is -2.07. The number of carbonyl (C=O) groups is 1. The summed E-state index contributed by atoms with van der Waals surface area (Å²) in [5.74, 6) is 1.83. The Labute approximate surface area is 90.5 Å². The van der Waals surface area contributed by atoms with E-state index in [0.717, 1.165) is 31.0 Å². The van der Waals surface area contributed by atoms with Crippen LogP contribution in [0.2, 0.25) is 0 Å². The third-order valence-electron chi connectivity index (χ3n) is 1.86. The van der Waals surface area contributed by atoms with E-state index >= 15 is 0 Å². The van der Waals surface area contributed by atoms with E-state index in [1.54, 1.807) is 18.9 Å². The first kappa shape index (κ1) is 13.8. The number of carbonyl (C=O) groups excluding carboxylic acids is 1. The lowest BCUT2D eigenvalue weighted by atomic mass is 10.2. The molecular formula is C10H20O3S. The molecule has 0 rings (SSSR count). The fourth-order valence-corrected chi connectivity index (χ4v) is 2.04. The van der Waals surface area contributed by atoms with E-state index in [2.05, 4.69) is 4.74 Å². The topological polar surface area (TPSA) is 35.5 Å². The van der Waals surface area contributed by atoms with E-state index in [1.807, 2.05) is 6.92 Å². The predicted octanol–water partition coefficient (Wildman–Crippen LogP) is 1.96. The third kappa shape index (κ3) is 7.21. The monoisotopic (exact) mass is 220 g/mol. The molecule has 0 amide bonds. The molecule has 0 aromatic heterocycles. The quantitative estimate of drug-likeness (QED) is 0.463. The molecule has 0 saturated heterocycles. The van der Waals surface area contributed by atoms with Crippen LogP contribution in [0.15, 0.2) is 0 Å². The number of rotatable bonds is 8. The minimum Gasteiger partial charge on any atom is -0.469 e. The predicted molar refractivity (Wildman–Crippen MR) is 59.6 cm³/mol. The van der Waals surface area contributed by atoms with Crippen molar-refractivity contribution in [3.8, 4) is 0 Å². The second kappa shape index (κ2) is 9.34. The molecule has 1 unspecified atom stereocenters. The van der Waals surface area contributed by atoms with Gasteiger partial charge in [0, 0.05) is 19.5 Å². The van der Waals surface area contributed by atoms with Crippen LogP contribution in [0.4, 0.5) is 0 Å². The Morgan fingerprint density at radius 3 is 2.64 bits per heavy atom. The van der Waals surface area contributed by atoms with Crippen molar-refractivity contribution in [2.24, 2.45) is 5.92 Å². The van der Waals surface area contributed by atoms with Crippen molar-refractivity contribution in [3.05, 3.63) is 0 Å². The fraction of sp³-hybridized carbons (Fsp3) is 0.900. The summed E-state index contributed by atoms with van der Waals surface area (Å²) < 4.78 is 9.58. The number of methoxy groups -OCH3 is 2. The Hall–Kier alpha value is -0.220. The molecule has 0 aromatic carbocycles. The van der Waals surface area contributed by atoms with Gasteiger partial charge in [0.05, 0.1) is 13.0 Å². The fourth-order valence-electron chi connectivity index (χ4n) is 0.980. The number of thioether (sulfide) groups is 1. The Bertz CT molecular complexity index is 150. The molecule has 0 N–H and O–H groups in total. The van der Waals surface area contributed by atoms with Gasteiger partial charge in [-0.2, -0.15) is 11.8 Å². The Morgan fingerprint density at radius 2 is 2.07 bits per heavy atom. The van der Waals surface area contributed by atoms with Crippen molar-refractivity contribution in [2.75, 3.05) is 32.3 Å². The molecule has 0 aliphatic heterocycles. The molecule has 3 nitrogen and oxygen atoms in total. The van der Waals surface area contributed by atoms with Gasteiger partial charge < -0.3 is 9.47 Å². The maximum absolute atomic E-state index is 11.0. The largest absolute Gasteiger partial charge is 0.469 e. The molecule has 4 heteroatoms. The highest BCUT2D eigenvalue weighted by atomic mass is 32.2. The summed E-state index contributed by atoms with van der Waals surface area (Å²) in [5, 5.41) is 0. The van der Waals surface area contributed by atoms with Crippen LogP contribution in [0.25, 0.3) is 0 Å². The zero-order chi connectivity index (χ0) is 10.8. The van der Waals surface area contributed by atoms with Crippen LogP contribution in [0.3, 0.4) is 0 Å². The molecule has 1 atom stereocenters. The highest BCUT2D eigenvalue weighted by Crippen LogP contribution is 2.11.